The predicted molar refractivity (Wildman–Crippen MR) is 119 cm³/mol. The summed E-state index contributed by atoms with van der Waals surface area (Å²) in [6.45, 7) is 0.844. The van der Waals surface area contributed by atoms with Crippen LogP contribution in [0.3, 0.4) is 0 Å². The number of rotatable bonds is 3. The van der Waals surface area contributed by atoms with Crippen molar-refractivity contribution in [2.45, 2.75) is 51.1 Å². The monoisotopic (exact) mass is 440 g/mol. The lowest BCUT2D eigenvalue weighted by Crippen LogP contribution is -2.46. The van der Waals surface area contributed by atoms with Crippen molar-refractivity contribution < 1.29 is 0 Å². The highest BCUT2D eigenvalue weighted by Gasteiger charge is 2.31. The van der Waals surface area contributed by atoms with Crippen LogP contribution >= 0.6 is 28.1 Å². The van der Waals surface area contributed by atoms with Crippen LogP contribution in [0.15, 0.2) is 70.3 Å². The molecule has 1 aliphatic heterocycles. The fourth-order valence-electron chi connectivity index (χ4n) is 4.20. The molecule has 1 N–H and O–H groups in total. The number of hydrogen-bond acceptors (Lipinski definition) is 1. The Morgan fingerprint density at radius 1 is 0.963 bits per heavy atom. The summed E-state index contributed by atoms with van der Waals surface area (Å²) in [5.74, 6) is 0. The Morgan fingerprint density at radius 3 is 2.52 bits per heavy atom. The van der Waals surface area contributed by atoms with Gasteiger partial charge < -0.3 is 10.2 Å². The molecule has 1 heterocycles. The lowest BCUT2D eigenvalue weighted by molar-refractivity contribution is 0.404. The first-order valence-electron chi connectivity index (χ1n) is 9.82. The van der Waals surface area contributed by atoms with Gasteiger partial charge in [-0.25, -0.2) is 0 Å². The minimum atomic E-state index is 0.190. The third kappa shape index (κ3) is 4.27. The number of hydrogen-bond donors (Lipinski definition) is 1. The highest BCUT2D eigenvalue weighted by molar-refractivity contribution is 9.10. The molecule has 140 valence electrons. The van der Waals surface area contributed by atoms with E-state index in [2.05, 4.69) is 80.7 Å². The van der Waals surface area contributed by atoms with E-state index in [4.69, 9.17) is 12.2 Å². The summed E-state index contributed by atoms with van der Waals surface area (Å²) in [6, 6.07) is 19.5. The molecule has 27 heavy (non-hydrogen) atoms. The van der Waals surface area contributed by atoms with Crippen molar-refractivity contribution in [1.29, 1.82) is 0 Å². The molecule has 0 saturated heterocycles. The maximum atomic E-state index is 5.85. The lowest BCUT2D eigenvalue weighted by atomic mass is 9.87. The molecular weight excluding hydrogens is 416 g/mol. The molecule has 0 radical (unpaired) electrons. The van der Waals surface area contributed by atoms with Gasteiger partial charge in [0.15, 0.2) is 5.11 Å². The molecule has 0 unspecified atom stereocenters. The van der Waals surface area contributed by atoms with E-state index in [-0.39, 0.29) is 6.04 Å². The average molecular weight is 441 g/mol. The molecule has 2 aromatic rings. The number of thiocarbonyl (C=S) groups is 1. The summed E-state index contributed by atoms with van der Waals surface area (Å²) >= 11 is 9.48. The predicted octanol–water partition coefficient (Wildman–Crippen LogP) is 6.49. The lowest BCUT2D eigenvalue weighted by Gasteiger charge is -2.41. The second-order valence-corrected chi connectivity index (χ2v) is 8.70. The first-order valence-corrected chi connectivity index (χ1v) is 11.0. The highest BCUT2D eigenvalue weighted by Crippen LogP contribution is 2.38. The molecule has 0 bridgehead atoms. The third-order valence-electron chi connectivity index (χ3n) is 5.53. The number of halogens is 1. The summed E-state index contributed by atoms with van der Waals surface area (Å²) in [5.41, 5.74) is 5.57. The maximum absolute atomic E-state index is 5.85. The molecule has 0 amide bonds. The van der Waals surface area contributed by atoms with E-state index in [1.807, 2.05) is 0 Å². The van der Waals surface area contributed by atoms with Crippen LogP contribution in [0, 0.1) is 0 Å². The minimum absolute atomic E-state index is 0.190. The van der Waals surface area contributed by atoms with Crippen LogP contribution in [0.4, 0.5) is 0 Å². The van der Waals surface area contributed by atoms with Crippen molar-refractivity contribution in [3.05, 3.63) is 81.5 Å². The van der Waals surface area contributed by atoms with E-state index in [0.717, 1.165) is 29.0 Å². The fraction of sp³-hybridized carbons (Fsp3) is 0.348. The summed E-state index contributed by atoms with van der Waals surface area (Å²) in [4.78, 5) is 2.35. The first-order chi connectivity index (χ1) is 13.2. The molecule has 0 saturated carbocycles. The summed E-state index contributed by atoms with van der Waals surface area (Å²) < 4.78 is 1.12. The van der Waals surface area contributed by atoms with Crippen LogP contribution in [0.2, 0.25) is 0 Å². The Bertz CT molecular complexity index is 846. The summed E-state index contributed by atoms with van der Waals surface area (Å²) in [7, 11) is 0. The fourth-order valence-corrected chi connectivity index (χ4v) is 4.91. The van der Waals surface area contributed by atoms with E-state index in [1.165, 1.54) is 48.1 Å². The van der Waals surface area contributed by atoms with Crippen LogP contribution in [0.25, 0.3) is 0 Å². The van der Waals surface area contributed by atoms with Gasteiger partial charge in [0, 0.05) is 16.7 Å². The van der Waals surface area contributed by atoms with E-state index in [1.54, 1.807) is 0 Å². The zero-order chi connectivity index (χ0) is 18.6. The molecule has 1 atom stereocenters. The van der Waals surface area contributed by atoms with Gasteiger partial charge in [-0.2, -0.15) is 0 Å². The van der Waals surface area contributed by atoms with Gasteiger partial charge in [0.05, 0.1) is 6.04 Å². The molecule has 4 rings (SSSR count). The van der Waals surface area contributed by atoms with Crippen molar-refractivity contribution >= 4 is 33.3 Å². The van der Waals surface area contributed by atoms with E-state index >= 15 is 0 Å². The molecule has 1 aliphatic carbocycles. The van der Waals surface area contributed by atoms with Gasteiger partial charge in [-0.3, -0.25) is 0 Å². The number of nitrogens with zero attached hydrogens (tertiary/aromatic N) is 1. The van der Waals surface area contributed by atoms with Crippen molar-refractivity contribution in [3.8, 4) is 0 Å². The van der Waals surface area contributed by atoms with Crippen LogP contribution in [-0.2, 0) is 6.54 Å². The molecular formula is C23H25BrN2S. The van der Waals surface area contributed by atoms with Crippen molar-refractivity contribution in [2.24, 2.45) is 0 Å². The molecule has 2 aromatic carbocycles. The van der Waals surface area contributed by atoms with Crippen LogP contribution < -0.4 is 5.32 Å². The van der Waals surface area contributed by atoms with Crippen molar-refractivity contribution in [2.75, 3.05) is 0 Å². The Balaban J connectivity index is 1.74. The van der Waals surface area contributed by atoms with Crippen LogP contribution in [0.1, 0.15) is 55.7 Å². The standard InChI is InChI=1S/C23H25BrN2S/c24-19-12-8-11-18(15-19)22-20-13-6-1-2-7-14-21(20)26(23(27)25-22)16-17-9-4-3-5-10-17/h3-5,8-12,15,22H,1-2,6-7,13-14,16H2,(H,25,27)/t22-/m1/s1. The van der Waals surface area contributed by atoms with Crippen LogP contribution in [-0.4, -0.2) is 10.0 Å². The Morgan fingerprint density at radius 2 is 1.74 bits per heavy atom. The smallest absolute Gasteiger partial charge is 0.174 e. The van der Waals surface area contributed by atoms with Gasteiger partial charge in [-0.15, -0.1) is 0 Å². The molecule has 2 nitrogen and oxygen atoms in total. The van der Waals surface area contributed by atoms with Gasteiger partial charge in [0.1, 0.15) is 0 Å². The van der Waals surface area contributed by atoms with Crippen LogP contribution in [0.5, 0.6) is 0 Å². The molecule has 0 fully saturated rings. The van der Waals surface area contributed by atoms with Gasteiger partial charge in [-0.1, -0.05) is 71.2 Å². The van der Waals surface area contributed by atoms with E-state index < -0.39 is 0 Å². The highest BCUT2D eigenvalue weighted by atomic mass is 79.9. The molecule has 4 heteroatoms. The van der Waals surface area contributed by atoms with Gasteiger partial charge in [0.25, 0.3) is 0 Å². The van der Waals surface area contributed by atoms with E-state index in [9.17, 15) is 0 Å². The largest absolute Gasteiger partial charge is 0.352 e. The number of allylic oxidation sites excluding steroid dienone is 1. The first kappa shape index (κ1) is 18.7. The van der Waals surface area contributed by atoms with Crippen molar-refractivity contribution in [1.82, 2.24) is 10.2 Å². The SMILES string of the molecule is S=C1N[C@H](c2cccc(Br)c2)C2=C(CCCCCC2)N1Cc1ccccc1. The van der Waals surface area contributed by atoms with Gasteiger partial charge in [0.2, 0.25) is 0 Å². The average Bonchev–Trinajstić information content (AvgIpc) is 2.65. The third-order valence-corrected chi connectivity index (χ3v) is 6.36. The molecule has 0 spiro atoms. The molecule has 2 aliphatic rings. The zero-order valence-corrected chi connectivity index (χ0v) is 17.9. The summed E-state index contributed by atoms with van der Waals surface area (Å²) in [6.07, 6.45) is 7.42. The Labute approximate surface area is 175 Å². The quantitative estimate of drug-likeness (QED) is 0.548. The summed E-state index contributed by atoms with van der Waals surface area (Å²) in [5, 5.41) is 4.51. The van der Waals surface area contributed by atoms with Gasteiger partial charge in [-0.05, 0) is 66.7 Å². The Hall–Kier alpha value is -1.65. The number of benzene rings is 2. The Kier molecular flexibility index (Phi) is 5.94. The topological polar surface area (TPSA) is 15.3 Å². The van der Waals surface area contributed by atoms with E-state index in [0.29, 0.717) is 0 Å². The normalized spacial score (nSPS) is 20.6. The molecule has 0 aromatic heterocycles. The van der Waals surface area contributed by atoms with Gasteiger partial charge >= 0.3 is 0 Å². The van der Waals surface area contributed by atoms with Crippen molar-refractivity contribution in [3.63, 3.8) is 0 Å². The minimum Gasteiger partial charge on any atom is -0.352 e. The number of nitrogens with one attached hydrogen (secondary N) is 1. The zero-order valence-electron chi connectivity index (χ0n) is 15.5. The maximum Gasteiger partial charge on any atom is 0.174 e. The second kappa shape index (κ2) is 8.57. The second-order valence-electron chi connectivity index (χ2n) is 7.40.